The fourth-order valence-corrected chi connectivity index (χ4v) is 8.97. The van der Waals surface area contributed by atoms with Crippen LogP contribution in [0.2, 0.25) is 0 Å². The molecular weight excluding hydrogens is 705 g/mol. The Labute approximate surface area is 273 Å². The minimum atomic E-state index is -0.446. The van der Waals surface area contributed by atoms with Crippen LogP contribution in [0.5, 0.6) is 0 Å². The summed E-state index contributed by atoms with van der Waals surface area (Å²) in [4.78, 5) is 8.60. The van der Waals surface area contributed by atoms with E-state index < -0.39 is 15.8 Å². The summed E-state index contributed by atoms with van der Waals surface area (Å²) in [6, 6.07) is 64.7. The molecule has 0 N–H and O–H groups in total. The Morgan fingerprint density at radius 3 is 0.571 bits per heavy atom. The summed E-state index contributed by atoms with van der Waals surface area (Å²) >= 11 is 2.34. The molecule has 0 unspecified atom stereocenters. The Hall–Kier alpha value is -3.05. The Morgan fingerprint density at radius 1 is 0.333 bits per heavy atom. The number of hydrogen-bond donors (Lipinski definition) is 0. The van der Waals surface area contributed by atoms with Gasteiger partial charge in [-0.2, -0.15) is 5.20 Å². The average Bonchev–Trinajstić information content (AvgIpc) is 3.05. The Kier molecular flexibility index (Phi) is 15.3. The van der Waals surface area contributed by atoms with Crippen LogP contribution in [0, 0.1) is 0 Å². The molecule has 1 nitrogen and oxygen atoms in total. The van der Waals surface area contributed by atoms with E-state index in [0.29, 0.717) is 0 Å². The fraction of sp³-hybridized carbons (Fsp3) is 0. The largest absolute Gasteiger partial charge is 0.530 e. The van der Waals surface area contributed by atoms with Crippen molar-refractivity contribution in [2.24, 2.45) is 0 Å². The van der Waals surface area contributed by atoms with Crippen molar-refractivity contribution in [1.29, 1.82) is 0 Å². The number of hydrogen-bond acceptors (Lipinski definition) is 1. The van der Waals surface area contributed by atoms with E-state index in [1.54, 1.807) is 0 Å². The van der Waals surface area contributed by atoms with Crippen molar-refractivity contribution in [2.75, 3.05) is 0 Å². The van der Waals surface area contributed by atoms with Gasteiger partial charge in [-0.3, -0.25) is 15.9 Å². The molecule has 0 aliphatic carbocycles. The second kappa shape index (κ2) is 19.2. The van der Waals surface area contributed by atoms with Crippen LogP contribution in [0.1, 0.15) is 0 Å². The van der Waals surface area contributed by atoms with Crippen LogP contribution in [0.15, 0.2) is 182 Å². The molecular formula is C37H30BrOP2Rh-. The summed E-state index contributed by atoms with van der Waals surface area (Å²) in [6.45, 7) is 0. The zero-order valence-corrected chi connectivity index (χ0v) is 27.8. The number of rotatable bonds is 6. The van der Waals surface area contributed by atoms with Gasteiger partial charge in [-0.25, -0.2) is 0 Å². The number of halogens is 1. The standard InChI is InChI=1S/2C18H15P.CBrO.Rh/c2*1-4-10-16(11-5-1)19(17-12-6-2-7-13-17)18-14-8-3-9-15-18;2-1-3;/h2*1-15H;;/q;;-1;. The van der Waals surface area contributed by atoms with E-state index in [1.807, 2.05) is 0 Å². The van der Waals surface area contributed by atoms with Gasteiger partial charge in [0.25, 0.3) is 0 Å². The van der Waals surface area contributed by atoms with Crippen LogP contribution in [0.3, 0.4) is 0 Å². The van der Waals surface area contributed by atoms with Crippen LogP contribution in [0.4, 0.5) is 0 Å². The Morgan fingerprint density at radius 2 is 0.452 bits per heavy atom. The first-order valence-corrected chi connectivity index (χ1v) is 16.7. The maximum Gasteiger partial charge on any atom is 0 e. The predicted molar refractivity (Wildman–Crippen MR) is 185 cm³/mol. The Bertz CT molecular complexity index is 1230. The molecule has 211 valence electrons. The van der Waals surface area contributed by atoms with Crippen molar-refractivity contribution in [2.45, 2.75) is 0 Å². The van der Waals surface area contributed by atoms with Crippen LogP contribution in [-0.4, -0.2) is 5.20 Å². The summed E-state index contributed by atoms with van der Waals surface area (Å²) in [6.07, 6.45) is 0. The zero-order chi connectivity index (χ0) is 28.5. The molecule has 6 rings (SSSR count). The molecule has 6 aromatic carbocycles. The first-order chi connectivity index (χ1) is 20.3. The molecule has 0 aliphatic heterocycles. The monoisotopic (exact) mass is 734 g/mol. The fourth-order valence-electron chi connectivity index (χ4n) is 4.36. The first-order valence-electron chi connectivity index (χ1n) is 13.2. The summed E-state index contributed by atoms with van der Waals surface area (Å²) in [5.74, 6) is 0. The molecule has 1 radical (unpaired) electrons. The molecule has 0 saturated carbocycles. The van der Waals surface area contributed by atoms with Crippen molar-refractivity contribution >= 4 is 68.8 Å². The van der Waals surface area contributed by atoms with Gasteiger partial charge in [0.2, 0.25) is 0 Å². The second-order valence-electron chi connectivity index (χ2n) is 8.76. The summed E-state index contributed by atoms with van der Waals surface area (Å²) in [5, 5.41) is 9.70. The van der Waals surface area contributed by atoms with E-state index in [9.17, 15) is 0 Å². The van der Waals surface area contributed by atoms with Gasteiger partial charge in [-0.1, -0.05) is 182 Å². The van der Waals surface area contributed by atoms with Crippen molar-refractivity contribution in [1.82, 2.24) is 0 Å². The quantitative estimate of drug-likeness (QED) is 0.0759. The molecule has 0 heterocycles. The topological polar surface area (TPSA) is 17.1 Å². The van der Waals surface area contributed by atoms with Crippen LogP contribution in [0.25, 0.3) is 0 Å². The van der Waals surface area contributed by atoms with E-state index in [-0.39, 0.29) is 19.5 Å². The van der Waals surface area contributed by atoms with Crippen molar-refractivity contribution in [3.8, 4) is 0 Å². The van der Waals surface area contributed by atoms with Crippen LogP contribution < -0.4 is 31.8 Å². The molecule has 0 saturated heterocycles. The molecule has 0 amide bonds. The first kappa shape index (κ1) is 33.5. The molecule has 5 heteroatoms. The smallest absolute Gasteiger partial charge is 0 e. The maximum atomic E-state index is 8.60. The summed E-state index contributed by atoms with van der Waals surface area (Å²) in [5.41, 5.74) is 0. The van der Waals surface area contributed by atoms with Gasteiger partial charge in [-0.05, 0) is 47.7 Å². The van der Waals surface area contributed by atoms with Crippen molar-refractivity contribution in [3.63, 3.8) is 0 Å². The predicted octanol–water partition coefficient (Wildman–Crippen LogP) is 7.34. The van der Waals surface area contributed by atoms with E-state index in [0.717, 1.165) is 0 Å². The average molecular weight is 735 g/mol. The van der Waals surface area contributed by atoms with Crippen LogP contribution >= 0.6 is 31.8 Å². The van der Waals surface area contributed by atoms with Crippen molar-refractivity contribution in [3.05, 3.63) is 182 Å². The Balaban J connectivity index is 0.000000207. The van der Waals surface area contributed by atoms with Gasteiger partial charge < -0.3 is 4.79 Å². The molecule has 0 fully saturated rings. The third kappa shape index (κ3) is 10.0. The minimum Gasteiger partial charge on any atom is -0.530 e. The van der Waals surface area contributed by atoms with Crippen molar-refractivity contribution < 1.29 is 24.3 Å². The van der Waals surface area contributed by atoms with E-state index in [1.165, 1.54) is 37.0 Å². The minimum absolute atomic E-state index is 0. The summed E-state index contributed by atoms with van der Waals surface area (Å²) in [7, 11) is -0.892. The molecule has 0 bridgehead atoms. The number of benzene rings is 6. The molecule has 0 aliphatic rings. The van der Waals surface area contributed by atoms with Gasteiger partial charge in [0.1, 0.15) is 0 Å². The number of carbonyl (C=O) groups excluding carboxylic acids is 1. The normalized spacial score (nSPS) is 9.88. The van der Waals surface area contributed by atoms with Gasteiger partial charge in [0.15, 0.2) is 0 Å². The molecule has 0 aromatic heterocycles. The molecule has 42 heavy (non-hydrogen) atoms. The van der Waals surface area contributed by atoms with Gasteiger partial charge >= 0.3 is 0 Å². The van der Waals surface area contributed by atoms with E-state index in [2.05, 4.69) is 198 Å². The van der Waals surface area contributed by atoms with E-state index in [4.69, 9.17) is 4.79 Å². The third-order valence-corrected chi connectivity index (χ3v) is 11.0. The van der Waals surface area contributed by atoms with Gasteiger partial charge in [0.05, 0.1) is 0 Å². The third-order valence-electron chi connectivity index (χ3n) is 6.09. The SMILES string of the molecule is O=[C-]Br.[Rh].c1ccc(P(c2ccccc2)c2ccccc2)cc1.c1ccc(P(c2ccccc2)c2ccccc2)cc1. The molecule has 0 atom stereocenters. The van der Waals surface area contributed by atoms with Crippen LogP contribution in [-0.2, 0) is 24.3 Å². The molecule has 6 aromatic rings. The molecule has 0 spiro atoms. The maximum absolute atomic E-state index is 8.60. The van der Waals surface area contributed by atoms with E-state index >= 15 is 0 Å². The van der Waals surface area contributed by atoms with Gasteiger partial charge in [-0.15, -0.1) is 0 Å². The van der Waals surface area contributed by atoms with Gasteiger partial charge in [0, 0.05) is 19.5 Å². The second-order valence-corrected chi connectivity index (χ2v) is 13.5. The summed E-state index contributed by atoms with van der Waals surface area (Å²) < 4.78 is 0. The zero-order valence-electron chi connectivity index (χ0n) is 22.8.